The zero-order valence-corrected chi connectivity index (χ0v) is 41.0. The Balaban J connectivity index is 0.907. The number of aryl methyl sites for hydroxylation is 3. The molecule has 0 unspecified atom stereocenters. The van der Waals surface area contributed by atoms with Gasteiger partial charge in [-0.05, 0) is 55.2 Å². The van der Waals surface area contributed by atoms with Gasteiger partial charge in [0.25, 0.3) is 17.3 Å². The molecule has 1 saturated heterocycles. The lowest BCUT2D eigenvalue weighted by Crippen LogP contribution is -2.43. The number of alkyl halides is 1. The van der Waals surface area contributed by atoms with Crippen molar-refractivity contribution in [2.75, 3.05) is 50.1 Å². The van der Waals surface area contributed by atoms with Gasteiger partial charge in [0, 0.05) is 49.9 Å². The number of hydrogen-bond acceptors (Lipinski definition) is 13. The summed E-state index contributed by atoms with van der Waals surface area (Å²) < 4.78 is 31.2. The molecule has 0 bridgehead atoms. The third-order valence-electron chi connectivity index (χ3n) is 12.1. The number of aromatic nitrogens is 8. The largest absolute Gasteiger partial charge is 0.478 e. The van der Waals surface area contributed by atoms with Crippen molar-refractivity contribution < 1.29 is 28.2 Å². The van der Waals surface area contributed by atoms with Crippen LogP contribution < -0.4 is 31.1 Å². The van der Waals surface area contributed by atoms with Crippen molar-refractivity contribution in [3.8, 4) is 5.88 Å². The third kappa shape index (κ3) is 11.1. The number of rotatable bonds is 18. The molecule has 5 heterocycles. The molecule has 19 nitrogen and oxygen atoms in total. The molecule has 0 spiro atoms. The van der Waals surface area contributed by atoms with E-state index in [1.807, 2.05) is 63.2 Å². The fraction of sp³-hybridized carbons (Fsp3) is 0.340. The number of ether oxygens (including phenoxy) is 2. The predicted octanol–water partition coefficient (Wildman–Crippen LogP) is 6.42. The van der Waals surface area contributed by atoms with Crippen LogP contribution in [-0.2, 0) is 30.2 Å². The molecule has 21 heteroatoms. The Morgan fingerprint density at radius 2 is 1.77 bits per heavy atom. The van der Waals surface area contributed by atoms with Crippen LogP contribution >= 0.6 is 11.6 Å². The zero-order valence-electron chi connectivity index (χ0n) is 40.2. The van der Waals surface area contributed by atoms with Crippen LogP contribution in [0.15, 0.2) is 102 Å². The highest BCUT2D eigenvalue weighted by atomic mass is 35.5. The Labute approximate surface area is 413 Å². The van der Waals surface area contributed by atoms with Gasteiger partial charge in [0.2, 0.25) is 11.9 Å². The fourth-order valence-electron chi connectivity index (χ4n) is 8.48. The topological polar surface area (TPSA) is 209 Å². The van der Waals surface area contributed by atoms with Gasteiger partial charge in [-0.2, -0.15) is 9.97 Å². The van der Waals surface area contributed by atoms with Crippen molar-refractivity contribution in [1.82, 2.24) is 54.4 Å². The maximum atomic E-state index is 15.6. The number of fused-ring (bicyclic) bond motifs is 2. The smallest absolute Gasteiger partial charge is 0.407 e. The summed E-state index contributed by atoms with van der Waals surface area (Å²) in [6.07, 6.45) is 1.28. The fourth-order valence-corrected chi connectivity index (χ4v) is 8.65. The SMILES string of the molecule is C=C(COC(=O)NCCCN(C(=O)c1ccc(C)cc1)[C@@H](c1nc2cc(Cl)ccc2c(=O)n1Cc1ccccc1)C(C)C)C(=O)N[C@@H]1CN(c2nc(Nc3cn(C)nc3OC)c3ncn(C)c3n2)C[C@H]1F. The molecule has 8 rings (SSSR count). The molecule has 1 aliphatic heterocycles. The highest BCUT2D eigenvalue weighted by Crippen LogP contribution is 2.33. The number of nitrogens with one attached hydrogen (secondary N) is 3. The van der Waals surface area contributed by atoms with Crippen LogP contribution in [0.2, 0.25) is 5.02 Å². The van der Waals surface area contributed by atoms with Gasteiger partial charge in [-0.1, -0.05) is 80.1 Å². The number of carbonyl (C=O) groups excluding carboxylic acids is 3. The van der Waals surface area contributed by atoms with Crippen molar-refractivity contribution >= 4 is 69.0 Å². The van der Waals surface area contributed by atoms with Gasteiger partial charge >= 0.3 is 6.09 Å². The Bertz CT molecular complexity index is 3160. The van der Waals surface area contributed by atoms with E-state index >= 15 is 4.39 Å². The molecule has 3 atom stereocenters. The summed E-state index contributed by atoms with van der Waals surface area (Å²) in [5.41, 5.74) is 3.85. The van der Waals surface area contributed by atoms with Crippen LogP contribution in [0.1, 0.15) is 53.6 Å². The Morgan fingerprint density at radius 1 is 1.01 bits per heavy atom. The Hall–Kier alpha value is -7.87. The number of benzene rings is 3. The van der Waals surface area contributed by atoms with Crippen molar-refractivity contribution in [2.24, 2.45) is 20.0 Å². The van der Waals surface area contributed by atoms with E-state index in [2.05, 4.69) is 42.6 Å². The molecular weight excluding hydrogens is 933 g/mol. The van der Waals surface area contributed by atoms with E-state index < -0.39 is 36.9 Å². The highest BCUT2D eigenvalue weighted by molar-refractivity contribution is 6.31. The molecule has 370 valence electrons. The molecule has 71 heavy (non-hydrogen) atoms. The number of imidazole rings is 1. The minimum absolute atomic E-state index is 0.0397. The Kier molecular flexibility index (Phi) is 14.9. The maximum Gasteiger partial charge on any atom is 0.407 e. The highest BCUT2D eigenvalue weighted by Gasteiger charge is 2.37. The summed E-state index contributed by atoms with van der Waals surface area (Å²) in [7, 11) is 5.03. The van der Waals surface area contributed by atoms with Gasteiger partial charge in [-0.3, -0.25) is 23.6 Å². The lowest BCUT2D eigenvalue weighted by Gasteiger charge is -2.35. The first-order valence-corrected chi connectivity index (χ1v) is 23.4. The normalized spacial score (nSPS) is 15.0. The first-order valence-electron chi connectivity index (χ1n) is 23.0. The van der Waals surface area contributed by atoms with Crippen LogP contribution in [0.5, 0.6) is 5.88 Å². The molecule has 7 aromatic rings. The van der Waals surface area contributed by atoms with Crippen LogP contribution in [0.25, 0.3) is 22.1 Å². The minimum atomic E-state index is -1.49. The van der Waals surface area contributed by atoms with E-state index in [-0.39, 0.29) is 68.1 Å². The average Bonchev–Trinajstić information content (AvgIpc) is 4.04. The second kappa shape index (κ2) is 21.4. The van der Waals surface area contributed by atoms with Gasteiger partial charge in [0.05, 0.1) is 55.7 Å². The quantitative estimate of drug-likeness (QED) is 0.0627. The number of anilines is 3. The van der Waals surface area contributed by atoms with Gasteiger partial charge < -0.3 is 39.8 Å². The van der Waals surface area contributed by atoms with Gasteiger partial charge in [-0.15, -0.1) is 5.10 Å². The number of nitrogens with zero attached hydrogens (tertiary/aromatic N) is 10. The molecule has 3 N–H and O–H groups in total. The molecule has 0 saturated carbocycles. The number of carbonyl (C=O) groups is 3. The summed E-state index contributed by atoms with van der Waals surface area (Å²) in [6.45, 7) is 9.55. The van der Waals surface area contributed by atoms with Crippen molar-refractivity contribution in [3.05, 3.63) is 135 Å². The minimum Gasteiger partial charge on any atom is -0.478 e. The molecular formula is C50H55ClFN13O6. The molecule has 3 aromatic carbocycles. The van der Waals surface area contributed by atoms with E-state index in [0.29, 0.717) is 55.9 Å². The van der Waals surface area contributed by atoms with Gasteiger partial charge in [0.1, 0.15) is 24.3 Å². The average molecular weight is 989 g/mol. The van der Waals surface area contributed by atoms with E-state index in [0.717, 1.165) is 11.1 Å². The number of halogens is 2. The van der Waals surface area contributed by atoms with Gasteiger partial charge in [-0.25, -0.2) is 19.2 Å². The first-order chi connectivity index (χ1) is 34.1. The zero-order chi connectivity index (χ0) is 50.5. The van der Waals surface area contributed by atoms with E-state index in [1.165, 1.54) is 7.11 Å². The molecule has 1 fully saturated rings. The van der Waals surface area contributed by atoms with E-state index in [9.17, 15) is 19.2 Å². The third-order valence-corrected chi connectivity index (χ3v) is 12.3. The van der Waals surface area contributed by atoms with Crippen LogP contribution in [0, 0.1) is 12.8 Å². The molecule has 1 aliphatic rings. The molecule has 0 aliphatic carbocycles. The summed E-state index contributed by atoms with van der Waals surface area (Å²) >= 11 is 6.40. The number of amides is 3. The molecule has 3 amide bonds. The lowest BCUT2D eigenvalue weighted by molar-refractivity contribution is -0.118. The summed E-state index contributed by atoms with van der Waals surface area (Å²) in [5, 5.41) is 13.7. The lowest BCUT2D eigenvalue weighted by atomic mass is 9.98. The summed E-state index contributed by atoms with van der Waals surface area (Å²) in [4.78, 5) is 77.3. The molecule has 0 radical (unpaired) electrons. The second-order valence-electron chi connectivity index (χ2n) is 17.8. The first kappa shape index (κ1) is 49.5. The monoisotopic (exact) mass is 987 g/mol. The summed E-state index contributed by atoms with van der Waals surface area (Å²) in [6, 6.07) is 20.1. The second-order valence-corrected chi connectivity index (χ2v) is 18.2. The predicted molar refractivity (Wildman–Crippen MR) is 268 cm³/mol. The van der Waals surface area contributed by atoms with E-state index in [4.69, 9.17) is 26.1 Å². The molecule has 4 aromatic heterocycles. The van der Waals surface area contributed by atoms with Crippen molar-refractivity contribution in [2.45, 2.75) is 52.0 Å². The standard InChI is InChI=1S/C50H55ClFN13O6/c1-29(2)41(44-56-37-22-34(51)18-19-35(37)48(68)65(44)23-32-12-9-8-10-13-32)64(47(67)33-16-14-30(3)15-17-33)21-11-20-53-50(69)71-27-31(4)45(66)57-38-26-63(24-36(38)52)49-58-42(40-43(59-49)61(5)28-54-40)55-39-25-62(6)60-46(39)70-7/h8-10,12-19,22,25,28-29,36,38,41H,4,11,20-21,23-24,26-27H2,1-3,5-7H3,(H,53,69)(H,57,66)(H,55,58,59)/t36-,38-,41-/m1/s1. The number of alkyl carbamates (subject to hydrolysis) is 1. The van der Waals surface area contributed by atoms with Crippen LogP contribution in [0.4, 0.5) is 26.6 Å². The van der Waals surface area contributed by atoms with Crippen LogP contribution in [0.3, 0.4) is 0 Å². The van der Waals surface area contributed by atoms with Crippen molar-refractivity contribution in [1.29, 1.82) is 0 Å². The number of hydrogen-bond donors (Lipinski definition) is 3. The van der Waals surface area contributed by atoms with Crippen LogP contribution in [-0.4, -0.2) is 114 Å². The Morgan fingerprint density at radius 3 is 2.51 bits per heavy atom. The van der Waals surface area contributed by atoms with Gasteiger partial charge in [0.15, 0.2) is 17.0 Å². The van der Waals surface area contributed by atoms with Crippen molar-refractivity contribution in [3.63, 3.8) is 0 Å². The number of methoxy groups -OCH3 is 1. The van der Waals surface area contributed by atoms with E-state index in [1.54, 1.807) is 80.6 Å². The summed E-state index contributed by atoms with van der Waals surface area (Å²) in [5.74, 6) is 0.0908. The maximum absolute atomic E-state index is 15.6.